The second kappa shape index (κ2) is 6.54. The summed E-state index contributed by atoms with van der Waals surface area (Å²) >= 11 is 3.18. The van der Waals surface area contributed by atoms with Gasteiger partial charge in [-0.05, 0) is 54.5 Å². The normalized spacial score (nSPS) is 10.8. The van der Waals surface area contributed by atoms with Gasteiger partial charge in [-0.25, -0.2) is 9.18 Å². The minimum Gasteiger partial charge on any atom is -0.478 e. The number of hydrogen-bond donors (Lipinski definition) is 1. The Hall–Kier alpha value is -2.14. The van der Waals surface area contributed by atoms with Gasteiger partial charge in [0, 0.05) is 10.5 Å². The lowest BCUT2D eigenvalue weighted by molar-refractivity contribution is -0.131. The lowest BCUT2D eigenvalue weighted by atomic mass is 10.1. The van der Waals surface area contributed by atoms with Gasteiger partial charge in [0.1, 0.15) is 5.75 Å². The van der Waals surface area contributed by atoms with Gasteiger partial charge in [0.25, 0.3) is 0 Å². The largest absolute Gasteiger partial charge is 0.478 e. The molecule has 0 unspecified atom stereocenters. The minimum atomic E-state index is -1.01. The summed E-state index contributed by atoms with van der Waals surface area (Å²) in [5.74, 6) is -0.851. The number of carboxylic acid groups (broad SMARTS) is 1. The van der Waals surface area contributed by atoms with E-state index in [1.54, 1.807) is 24.3 Å². The number of carbonyl (C=O) groups is 1. The van der Waals surface area contributed by atoms with Gasteiger partial charge in [-0.3, -0.25) is 0 Å². The predicted molar refractivity (Wildman–Crippen MR) is 82.0 cm³/mol. The quantitative estimate of drug-likeness (QED) is 0.806. The minimum absolute atomic E-state index is 0.131. The molecule has 0 heterocycles. The van der Waals surface area contributed by atoms with Crippen LogP contribution in [0, 0.1) is 12.7 Å². The fraction of sp³-hybridized carbons (Fsp3) is 0.0625. The molecule has 0 atom stereocenters. The van der Waals surface area contributed by atoms with E-state index in [1.807, 2.05) is 6.92 Å². The molecule has 2 aromatic carbocycles. The molecule has 0 saturated heterocycles. The number of halogens is 2. The molecule has 0 saturated carbocycles. The van der Waals surface area contributed by atoms with Crippen LogP contribution in [0.1, 0.15) is 11.1 Å². The Morgan fingerprint density at radius 2 is 2.05 bits per heavy atom. The molecule has 0 aliphatic heterocycles. The van der Waals surface area contributed by atoms with Crippen molar-refractivity contribution in [2.45, 2.75) is 6.92 Å². The Balaban J connectivity index is 2.22. The van der Waals surface area contributed by atoms with Gasteiger partial charge in [0.15, 0.2) is 11.6 Å². The van der Waals surface area contributed by atoms with E-state index < -0.39 is 11.8 Å². The van der Waals surface area contributed by atoms with Crippen LogP contribution in [0.5, 0.6) is 11.5 Å². The summed E-state index contributed by atoms with van der Waals surface area (Å²) in [7, 11) is 0. The zero-order chi connectivity index (χ0) is 15.4. The first-order valence-corrected chi connectivity index (χ1v) is 6.89. The first-order valence-electron chi connectivity index (χ1n) is 6.10. The Kier molecular flexibility index (Phi) is 4.75. The molecule has 2 rings (SSSR count). The van der Waals surface area contributed by atoms with Crippen LogP contribution in [-0.4, -0.2) is 11.1 Å². The average Bonchev–Trinajstić information content (AvgIpc) is 2.41. The highest BCUT2D eigenvalue weighted by atomic mass is 79.9. The molecule has 0 aliphatic carbocycles. The zero-order valence-corrected chi connectivity index (χ0v) is 12.7. The number of aryl methyl sites for hydroxylation is 1. The van der Waals surface area contributed by atoms with Crippen LogP contribution >= 0.6 is 15.9 Å². The molecule has 0 spiro atoms. The van der Waals surface area contributed by atoms with Crippen LogP contribution in [0.4, 0.5) is 4.39 Å². The fourth-order valence-electron chi connectivity index (χ4n) is 1.74. The number of hydrogen-bond acceptors (Lipinski definition) is 2. The van der Waals surface area contributed by atoms with Crippen molar-refractivity contribution < 1.29 is 19.0 Å². The van der Waals surface area contributed by atoms with Crippen molar-refractivity contribution in [1.29, 1.82) is 0 Å². The van der Waals surface area contributed by atoms with Gasteiger partial charge >= 0.3 is 5.97 Å². The molecule has 1 N–H and O–H groups in total. The second-order valence-corrected chi connectivity index (χ2v) is 5.28. The van der Waals surface area contributed by atoms with Crippen LogP contribution in [0.3, 0.4) is 0 Å². The van der Waals surface area contributed by atoms with Gasteiger partial charge in [-0.1, -0.05) is 22.0 Å². The van der Waals surface area contributed by atoms with E-state index in [1.165, 1.54) is 18.2 Å². The third kappa shape index (κ3) is 4.16. The molecule has 21 heavy (non-hydrogen) atoms. The van der Waals surface area contributed by atoms with E-state index in [0.29, 0.717) is 10.2 Å². The van der Waals surface area contributed by atoms with Crippen molar-refractivity contribution in [2.24, 2.45) is 0 Å². The van der Waals surface area contributed by atoms with Crippen LogP contribution in [0.2, 0.25) is 0 Å². The maximum atomic E-state index is 13.7. The average molecular weight is 351 g/mol. The van der Waals surface area contributed by atoms with Gasteiger partial charge in [0.05, 0.1) is 0 Å². The molecule has 2 aromatic rings. The zero-order valence-electron chi connectivity index (χ0n) is 11.1. The smallest absolute Gasteiger partial charge is 0.328 e. The molecule has 0 aliphatic rings. The summed E-state index contributed by atoms with van der Waals surface area (Å²) in [5.41, 5.74) is 1.60. The van der Waals surface area contributed by atoms with Crippen molar-refractivity contribution in [3.8, 4) is 11.5 Å². The summed E-state index contributed by atoms with van der Waals surface area (Å²) in [6.07, 6.45) is 2.57. The SMILES string of the molecule is Cc1cc(Oc2ccc(Br)cc2F)ccc1C=CC(=O)O. The molecule has 108 valence electrons. The van der Waals surface area contributed by atoms with Crippen molar-refractivity contribution in [3.05, 3.63) is 63.9 Å². The Bertz CT molecular complexity index is 711. The standard InChI is InChI=1S/C16H12BrFO3/c1-10-8-13(5-2-11(10)3-7-16(19)20)21-15-6-4-12(17)9-14(15)18/h2-9H,1H3,(H,19,20). The van der Waals surface area contributed by atoms with E-state index in [0.717, 1.165) is 17.2 Å². The van der Waals surface area contributed by atoms with Crippen LogP contribution < -0.4 is 4.74 Å². The molecular formula is C16H12BrFO3. The first-order chi connectivity index (χ1) is 9.95. The van der Waals surface area contributed by atoms with E-state index in [9.17, 15) is 9.18 Å². The van der Waals surface area contributed by atoms with Crippen LogP contribution in [0.25, 0.3) is 6.08 Å². The van der Waals surface area contributed by atoms with Gasteiger partial charge < -0.3 is 9.84 Å². The van der Waals surface area contributed by atoms with Gasteiger partial charge in [-0.15, -0.1) is 0 Å². The third-order valence-electron chi connectivity index (χ3n) is 2.77. The maximum Gasteiger partial charge on any atom is 0.328 e. The van der Waals surface area contributed by atoms with E-state index in [-0.39, 0.29) is 5.75 Å². The van der Waals surface area contributed by atoms with E-state index in [2.05, 4.69) is 15.9 Å². The molecule has 3 nitrogen and oxygen atoms in total. The van der Waals surface area contributed by atoms with E-state index in [4.69, 9.17) is 9.84 Å². The molecular weight excluding hydrogens is 339 g/mol. The molecule has 5 heteroatoms. The summed E-state index contributed by atoms with van der Waals surface area (Å²) in [6, 6.07) is 9.66. The van der Waals surface area contributed by atoms with Gasteiger partial charge in [0.2, 0.25) is 0 Å². The van der Waals surface area contributed by atoms with Crippen molar-refractivity contribution >= 4 is 28.0 Å². The summed E-state index contributed by atoms with van der Waals surface area (Å²) < 4.78 is 19.8. The number of carboxylic acids is 1. The third-order valence-corrected chi connectivity index (χ3v) is 3.26. The molecule has 0 fully saturated rings. The molecule has 0 amide bonds. The Morgan fingerprint density at radius 3 is 2.67 bits per heavy atom. The van der Waals surface area contributed by atoms with Gasteiger partial charge in [-0.2, -0.15) is 0 Å². The molecule has 0 bridgehead atoms. The first kappa shape index (κ1) is 15.3. The monoisotopic (exact) mass is 350 g/mol. The Labute approximate surface area is 129 Å². The van der Waals surface area contributed by atoms with Crippen LogP contribution in [0.15, 0.2) is 46.9 Å². The number of ether oxygens (including phenoxy) is 1. The molecule has 0 aromatic heterocycles. The predicted octanol–water partition coefficient (Wildman–Crippen LogP) is 4.79. The summed E-state index contributed by atoms with van der Waals surface area (Å²) in [4.78, 5) is 10.5. The fourth-order valence-corrected chi connectivity index (χ4v) is 2.08. The van der Waals surface area contributed by atoms with Crippen molar-refractivity contribution in [1.82, 2.24) is 0 Å². The van der Waals surface area contributed by atoms with Crippen molar-refractivity contribution in [3.63, 3.8) is 0 Å². The maximum absolute atomic E-state index is 13.7. The highest BCUT2D eigenvalue weighted by Gasteiger charge is 2.06. The topological polar surface area (TPSA) is 46.5 Å². The highest BCUT2D eigenvalue weighted by Crippen LogP contribution is 2.28. The lowest BCUT2D eigenvalue weighted by Crippen LogP contribution is -1.91. The summed E-state index contributed by atoms with van der Waals surface area (Å²) in [6.45, 7) is 1.83. The summed E-state index contributed by atoms with van der Waals surface area (Å²) in [5, 5.41) is 8.61. The van der Waals surface area contributed by atoms with Crippen LogP contribution in [-0.2, 0) is 4.79 Å². The van der Waals surface area contributed by atoms with Crippen molar-refractivity contribution in [2.75, 3.05) is 0 Å². The number of aliphatic carboxylic acids is 1. The Morgan fingerprint density at radius 1 is 1.29 bits per heavy atom. The molecule has 0 radical (unpaired) electrons. The second-order valence-electron chi connectivity index (χ2n) is 4.37. The van der Waals surface area contributed by atoms with E-state index >= 15 is 0 Å². The highest BCUT2D eigenvalue weighted by molar-refractivity contribution is 9.10. The number of benzene rings is 2. The lowest BCUT2D eigenvalue weighted by Gasteiger charge is -2.09. The number of rotatable bonds is 4.